The van der Waals surface area contributed by atoms with E-state index in [4.69, 9.17) is 9.47 Å². The van der Waals surface area contributed by atoms with E-state index in [2.05, 4.69) is 5.32 Å². The molecule has 0 saturated carbocycles. The lowest BCUT2D eigenvalue weighted by atomic mass is 9.71. The lowest BCUT2D eigenvalue weighted by Crippen LogP contribution is -2.45. The molecule has 1 aliphatic heterocycles. The van der Waals surface area contributed by atoms with Crippen LogP contribution in [0, 0.1) is 5.92 Å². The lowest BCUT2D eigenvalue weighted by Gasteiger charge is -2.40. The molecule has 0 radical (unpaired) electrons. The molecule has 1 aromatic rings. The molecular formula is C24H27NO8. The smallest absolute Gasteiger partial charge is 0.205 e. The number of benzene rings is 1. The van der Waals surface area contributed by atoms with Gasteiger partial charge in [0.05, 0.1) is 42.6 Å². The number of carbonyl (C=O) groups is 2. The van der Waals surface area contributed by atoms with Crippen LogP contribution in [0.2, 0.25) is 0 Å². The highest BCUT2D eigenvalue weighted by Gasteiger charge is 2.53. The molecule has 1 aromatic carbocycles. The quantitative estimate of drug-likeness (QED) is 0.420. The van der Waals surface area contributed by atoms with Gasteiger partial charge in [0.2, 0.25) is 5.79 Å². The van der Waals surface area contributed by atoms with E-state index in [1.807, 2.05) is 13.0 Å². The number of aliphatic hydroxyl groups excluding tert-OH is 2. The zero-order chi connectivity index (χ0) is 23.5. The molecule has 1 fully saturated rings. The molecule has 3 unspecified atom stereocenters. The van der Waals surface area contributed by atoms with Gasteiger partial charge in [-0.2, -0.15) is 0 Å². The van der Waals surface area contributed by atoms with Crippen LogP contribution >= 0.6 is 0 Å². The molecule has 176 valence electrons. The van der Waals surface area contributed by atoms with Gasteiger partial charge in [-0.1, -0.05) is 19.1 Å². The summed E-state index contributed by atoms with van der Waals surface area (Å²) in [5.74, 6) is -3.65. The fourth-order valence-corrected chi connectivity index (χ4v) is 5.66. The molecule has 3 atom stereocenters. The highest BCUT2D eigenvalue weighted by atomic mass is 16.7. The maximum Gasteiger partial charge on any atom is 0.205 e. The van der Waals surface area contributed by atoms with Gasteiger partial charge < -0.3 is 35.2 Å². The number of nitrogens with one attached hydrogen (secondary N) is 1. The number of ketones is 2. The third-order valence-electron chi connectivity index (χ3n) is 7.07. The molecule has 0 amide bonds. The van der Waals surface area contributed by atoms with E-state index >= 15 is 0 Å². The number of rotatable bonds is 4. The predicted octanol–water partition coefficient (Wildman–Crippen LogP) is 1.13. The van der Waals surface area contributed by atoms with Crippen molar-refractivity contribution in [3.63, 3.8) is 0 Å². The molecule has 1 spiro atoms. The van der Waals surface area contributed by atoms with Crippen LogP contribution in [0.25, 0.3) is 6.08 Å². The van der Waals surface area contributed by atoms with E-state index in [1.165, 1.54) is 0 Å². The molecule has 9 nitrogen and oxygen atoms in total. The summed E-state index contributed by atoms with van der Waals surface area (Å²) in [5, 5.41) is 45.1. The topological polar surface area (TPSA) is 146 Å². The van der Waals surface area contributed by atoms with Gasteiger partial charge in [0, 0.05) is 41.6 Å². The SMILES string of the molecule is CCC1C=Cc2c(O)c3c(c(O)c2C12OCCO2)C(=O)C1=C(C3=O)C(NCCO)CC(O)C1. The van der Waals surface area contributed by atoms with E-state index < -0.39 is 41.0 Å². The van der Waals surface area contributed by atoms with E-state index in [9.17, 15) is 30.0 Å². The number of hydrogen-bond acceptors (Lipinski definition) is 9. The van der Waals surface area contributed by atoms with Crippen molar-refractivity contribution in [1.82, 2.24) is 5.32 Å². The summed E-state index contributed by atoms with van der Waals surface area (Å²) < 4.78 is 11.9. The Bertz CT molecular complexity index is 1100. The van der Waals surface area contributed by atoms with Crippen molar-refractivity contribution < 1.29 is 39.5 Å². The lowest BCUT2D eigenvalue weighted by molar-refractivity contribution is -0.196. The van der Waals surface area contributed by atoms with Gasteiger partial charge in [0.25, 0.3) is 0 Å². The van der Waals surface area contributed by atoms with Crippen molar-refractivity contribution in [2.45, 2.75) is 44.1 Å². The minimum Gasteiger partial charge on any atom is -0.507 e. The monoisotopic (exact) mass is 457 g/mol. The Labute approximate surface area is 190 Å². The summed E-state index contributed by atoms with van der Waals surface area (Å²) in [6.07, 6.45) is 3.36. The molecule has 5 N–H and O–H groups in total. The minimum absolute atomic E-state index is 0.0381. The minimum atomic E-state index is -1.36. The summed E-state index contributed by atoms with van der Waals surface area (Å²) in [5.41, 5.74) is 0.0803. The summed E-state index contributed by atoms with van der Waals surface area (Å²) in [6, 6.07) is -0.661. The number of aliphatic hydroxyl groups is 2. The van der Waals surface area contributed by atoms with E-state index in [0.29, 0.717) is 6.42 Å². The number of phenolic OH excluding ortho intramolecular Hbond substituents is 2. The zero-order valence-electron chi connectivity index (χ0n) is 18.3. The van der Waals surface area contributed by atoms with Crippen molar-refractivity contribution in [2.75, 3.05) is 26.4 Å². The van der Waals surface area contributed by atoms with Crippen LogP contribution in [0.3, 0.4) is 0 Å². The summed E-state index contributed by atoms with van der Waals surface area (Å²) in [4.78, 5) is 27.2. The average Bonchev–Trinajstić information content (AvgIpc) is 3.27. The molecule has 1 heterocycles. The van der Waals surface area contributed by atoms with E-state index in [-0.39, 0.29) is 78.5 Å². The number of fused-ring (bicyclic) bond motifs is 3. The molecule has 4 aliphatic rings. The summed E-state index contributed by atoms with van der Waals surface area (Å²) in [7, 11) is 0. The molecule has 0 bridgehead atoms. The predicted molar refractivity (Wildman–Crippen MR) is 116 cm³/mol. The van der Waals surface area contributed by atoms with Crippen molar-refractivity contribution in [3.05, 3.63) is 39.5 Å². The van der Waals surface area contributed by atoms with Gasteiger partial charge in [0.15, 0.2) is 11.6 Å². The largest absolute Gasteiger partial charge is 0.507 e. The van der Waals surface area contributed by atoms with E-state index in [1.54, 1.807) is 6.08 Å². The second kappa shape index (κ2) is 8.03. The molecule has 33 heavy (non-hydrogen) atoms. The van der Waals surface area contributed by atoms with Crippen LogP contribution in [-0.4, -0.2) is 70.5 Å². The summed E-state index contributed by atoms with van der Waals surface area (Å²) in [6.45, 7) is 2.50. The van der Waals surface area contributed by atoms with Crippen LogP contribution in [0.1, 0.15) is 58.0 Å². The van der Waals surface area contributed by atoms with Crippen molar-refractivity contribution in [1.29, 1.82) is 0 Å². The third kappa shape index (κ3) is 3.04. The zero-order valence-corrected chi connectivity index (χ0v) is 18.3. The number of aromatic hydroxyl groups is 2. The number of ether oxygens (including phenoxy) is 2. The van der Waals surface area contributed by atoms with Gasteiger partial charge in [0.1, 0.15) is 11.5 Å². The van der Waals surface area contributed by atoms with Crippen molar-refractivity contribution >= 4 is 17.6 Å². The first-order chi connectivity index (χ1) is 15.9. The third-order valence-corrected chi connectivity index (χ3v) is 7.07. The molecule has 0 aromatic heterocycles. The molecular weight excluding hydrogens is 430 g/mol. The van der Waals surface area contributed by atoms with Crippen LogP contribution in [-0.2, 0) is 15.3 Å². The van der Waals surface area contributed by atoms with E-state index in [0.717, 1.165) is 0 Å². The van der Waals surface area contributed by atoms with Crippen molar-refractivity contribution in [2.24, 2.45) is 5.92 Å². The van der Waals surface area contributed by atoms with Crippen LogP contribution in [0.4, 0.5) is 0 Å². The first kappa shape index (κ1) is 22.2. The Kier molecular flexibility index (Phi) is 5.42. The van der Waals surface area contributed by atoms with Gasteiger partial charge >= 0.3 is 0 Å². The Balaban J connectivity index is 1.73. The van der Waals surface area contributed by atoms with Crippen LogP contribution in [0.5, 0.6) is 11.5 Å². The van der Waals surface area contributed by atoms with Gasteiger partial charge in [-0.05, 0) is 12.8 Å². The molecule has 9 heteroatoms. The van der Waals surface area contributed by atoms with Crippen LogP contribution in [0.15, 0.2) is 17.2 Å². The van der Waals surface area contributed by atoms with Crippen LogP contribution < -0.4 is 5.32 Å². The standard InChI is InChI=1S/C24H27NO8/c1-2-11-3-4-13-19(24(11)32-7-8-33-24)23(31)18-17(20(13)28)22(30)16-14(21(18)29)9-12(27)10-15(16)25-5-6-26/h3-4,11-12,15,25-28,31H,2,5-10H2,1H3. The first-order valence-corrected chi connectivity index (χ1v) is 11.3. The van der Waals surface area contributed by atoms with Gasteiger partial charge in [-0.3, -0.25) is 9.59 Å². The average molecular weight is 457 g/mol. The summed E-state index contributed by atoms with van der Waals surface area (Å²) >= 11 is 0. The molecule has 3 aliphatic carbocycles. The fraction of sp³-hybridized carbons (Fsp3) is 0.500. The maximum atomic E-state index is 13.6. The van der Waals surface area contributed by atoms with Gasteiger partial charge in [-0.15, -0.1) is 0 Å². The normalized spacial score (nSPS) is 27.7. The Morgan fingerprint density at radius 1 is 1.12 bits per heavy atom. The molecule has 1 saturated heterocycles. The number of phenols is 2. The fourth-order valence-electron chi connectivity index (χ4n) is 5.66. The Hall–Kier alpha value is -2.56. The van der Waals surface area contributed by atoms with Gasteiger partial charge in [-0.25, -0.2) is 0 Å². The second-order valence-electron chi connectivity index (χ2n) is 8.85. The number of hydrogen-bond donors (Lipinski definition) is 5. The maximum absolute atomic E-state index is 13.6. The Morgan fingerprint density at radius 3 is 2.48 bits per heavy atom. The second-order valence-corrected chi connectivity index (χ2v) is 8.85. The molecule has 5 rings (SSSR count). The number of carbonyl (C=O) groups excluding carboxylic acids is 2. The van der Waals surface area contributed by atoms with Crippen molar-refractivity contribution in [3.8, 4) is 11.5 Å². The highest BCUT2D eigenvalue weighted by molar-refractivity contribution is 6.30. The number of Topliss-reactive ketones (excluding diaryl/α,β-unsaturated/α-hetero) is 2. The first-order valence-electron chi connectivity index (χ1n) is 11.3. The Morgan fingerprint density at radius 2 is 1.82 bits per heavy atom. The highest BCUT2D eigenvalue weighted by Crippen LogP contribution is 2.55.